The van der Waals surface area contributed by atoms with Crippen LogP contribution in [0.25, 0.3) is 0 Å². The highest BCUT2D eigenvalue weighted by Crippen LogP contribution is 2.36. The van der Waals surface area contributed by atoms with E-state index in [0.717, 1.165) is 28.2 Å². The van der Waals surface area contributed by atoms with Crippen molar-refractivity contribution in [2.24, 2.45) is 5.73 Å². The zero-order valence-corrected chi connectivity index (χ0v) is 11.0. The molecule has 3 nitrogen and oxygen atoms in total. The molecule has 2 rings (SSSR count). The highest BCUT2D eigenvalue weighted by Gasteiger charge is 2.28. The van der Waals surface area contributed by atoms with Gasteiger partial charge in [0, 0.05) is 18.2 Å². The van der Waals surface area contributed by atoms with Crippen LogP contribution in [0, 0.1) is 0 Å². The van der Waals surface area contributed by atoms with Crippen LogP contribution in [-0.2, 0) is 0 Å². The second-order valence-electron chi connectivity index (χ2n) is 3.79. The van der Waals surface area contributed by atoms with E-state index in [4.69, 9.17) is 5.73 Å². The lowest BCUT2D eigenvalue weighted by Gasteiger charge is -2.16. The van der Waals surface area contributed by atoms with Gasteiger partial charge in [-0.1, -0.05) is 18.2 Å². The number of aromatic nitrogens is 2. The van der Waals surface area contributed by atoms with Gasteiger partial charge in [0.1, 0.15) is 0 Å². The fraction of sp³-hybridized carbons (Fsp3) is 0.600. The molecule has 1 saturated carbocycles. The zero-order chi connectivity index (χ0) is 10.8. The lowest BCUT2D eigenvalue weighted by atomic mass is 10.0. The van der Waals surface area contributed by atoms with E-state index in [1.807, 2.05) is 12.5 Å². The summed E-state index contributed by atoms with van der Waals surface area (Å²) in [6.07, 6.45) is 7.28. The molecule has 0 radical (unpaired) electrons. The third kappa shape index (κ3) is 2.34. The molecule has 1 aliphatic carbocycles. The summed E-state index contributed by atoms with van der Waals surface area (Å²) in [5.41, 5.74) is 7.17. The normalized spacial score (nSPS) is 25.8. The van der Waals surface area contributed by atoms with Crippen LogP contribution < -0.4 is 5.73 Å². The fourth-order valence-electron chi connectivity index (χ4n) is 2.05. The summed E-state index contributed by atoms with van der Waals surface area (Å²) < 4.78 is 0.989. The smallest absolute Gasteiger partial charge is 0.187 e. The van der Waals surface area contributed by atoms with E-state index in [1.165, 1.54) is 6.42 Å². The molecule has 0 spiro atoms. The molecule has 15 heavy (non-hydrogen) atoms. The van der Waals surface area contributed by atoms with Crippen molar-refractivity contribution in [1.29, 1.82) is 0 Å². The standard InChI is InChI=1S/C10H14BrN3S/c1-15-10-13-5-7(11)9(14-10)6-3-2-4-8(6)12/h5-6,8H,2-4,12H2,1H3. The van der Waals surface area contributed by atoms with Gasteiger partial charge < -0.3 is 5.73 Å². The molecule has 0 aromatic carbocycles. The van der Waals surface area contributed by atoms with Crippen molar-refractivity contribution in [2.75, 3.05) is 6.26 Å². The largest absolute Gasteiger partial charge is 0.327 e. The van der Waals surface area contributed by atoms with Crippen molar-refractivity contribution < 1.29 is 0 Å². The lowest BCUT2D eigenvalue weighted by molar-refractivity contribution is 0.587. The Balaban J connectivity index is 2.33. The summed E-state index contributed by atoms with van der Waals surface area (Å²) in [5.74, 6) is 0.397. The highest BCUT2D eigenvalue weighted by molar-refractivity contribution is 9.10. The molecular weight excluding hydrogens is 274 g/mol. The number of nitrogens with zero attached hydrogens (tertiary/aromatic N) is 2. The van der Waals surface area contributed by atoms with Gasteiger partial charge in [-0.25, -0.2) is 9.97 Å². The van der Waals surface area contributed by atoms with Crippen LogP contribution >= 0.6 is 27.7 Å². The van der Waals surface area contributed by atoms with E-state index in [1.54, 1.807) is 11.8 Å². The molecule has 1 aromatic rings. The molecule has 1 aromatic heterocycles. The molecule has 0 aliphatic heterocycles. The molecule has 1 fully saturated rings. The second-order valence-corrected chi connectivity index (χ2v) is 5.42. The summed E-state index contributed by atoms with van der Waals surface area (Å²) in [7, 11) is 0. The minimum Gasteiger partial charge on any atom is -0.327 e. The summed E-state index contributed by atoms with van der Waals surface area (Å²) in [4.78, 5) is 8.77. The number of hydrogen-bond acceptors (Lipinski definition) is 4. The van der Waals surface area contributed by atoms with Gasteiger partial charge in [0.2, 0.25) is 0 Å². The van der Waals surface area contributed by atoms with Crippen molar-refractivity contribution in [1.82, 2.24) is 9.97 Å². The minimum atomic E-state index is 0.255. The van der Waals surface area contributed by atoms with Crippen LogP contribution in [0.2, 0.25) is 0 Å². The van der Waals surface area contributed by atoms with Crippen molar-refractivity contribution in [3.05, 3.63) is 16.4 Å². The molecule has 2 atom stereocenters. The predicted molar refractivity (Wildman–Crippen MR) is 66.1 cm³/mol. The van der Waals surface area contributed by atoms with Crippen LogP contribution in [0.1, 0.15) is 30.9 Å². The monoisotopic (exact) mass is 287 g/mol. The maximum Gasteiger partial charge on any atom is 0.187 e. The Morgan fingerprint density at radius 3 is 2.93 bits per heavy atom. The SMILES string of the molecule is CSc1ncc(Br)c(C2CCCC2N)n1. The Kier molecular flexibility index (Phi) is 3.64. The molecule has 1 heterocycles. The third-order valence-corrected chi connectivity index (χ3v) is 4.03. The highest BCUT2D eigenvalue weighted by atomic mass is 79.9. The average molecular weight is 288 g/mol. The van der Waals surface area contributed by atoms with Crippen LogP contribution in [0.5, 0.6) is 0 Å². The molecule has 5 heteroatoms. The molecule has 0 saturated heterocycles. The fourth-order valence-corrected chi connectivity index (χ4v) is 2.88. The Bertz CT molecular complexity index is 359. The van der Waals surface area contributed by atoms with Gasteiger partial charge in [-0.05, 0) is 35.0 Å². The van der Waals surface area contributed by atoms with E-state index in [-0.39, 0.29) is 6.04 Å². The Labute approximate surface area is 102 Å². The zero-order valence-electron chi connectivity index (χ0n) is 8.61. The summed E-state index contributed by atoms with van der Waals surface area (Å²) in [5, 5.41) is 0.826. The number of nitrogens with two attached hydrogens (primary N) is 1. The van der Waals surface area contributed by atoms with Gasteiger partial charge >= 0.3 is 0 Å². The molecule has 82 valence electrons. The molecule has 0 amide bonds. The van der Waals surface area contributed by atoms with Crippen LogP contribution in [-0.4, -0.2) is 22.3 Å². The van der Waals surface area contributed by atoms with Crippen molar-refractivity contribution in [3.63, 3.8) is 0 Å². The summed E-state index contributed by atoms with van der Waals surface area (Å²) in [6, 6.07) is 0.255. The maximum absolute atomic E-state index is 6.08. The van der Waals surface area contributed by atoms with E-state index < -0.39 is 0 Å². The molecule has 0 bridgehead atoms. The third-order valence-electron chi connectivity index (χ3n) is 2.85. The molecule has 2 unspecified atom stereocenters. The molecular formula is C10H14BrN3S. The number of halogens is 1. The summed E-state index contributed by atoms with van der Waals surface area (Å²) in [6.45, 7) is 0. The van der Waals surface area contributed by atoms with Crippen LogP contribution in [0.3, 0.4) is 0 Å². The van der Waals surface area contributed by atoms with Crippen LogP contribution in [0.15, 0.2) is 15.8 Å². The number of rotatable bonds is 2. The van der Waals surface area contributed by atoms with Crippen molar-refractivity contribution in [3.8, 4) is 0 Å². The van der Waals surface area contributed by atoms with Gasteiger partial charge in [-0.15, -0.1) is 0 Å². The average Bonchev–Trinajstić information content (AvgIpc) is 2.65. The van der Waals surface area contributed by atoms with E-state index in [2.05, 4.69) is 25.9 Å². The minimum absolute atomic E-state index is 0.255. The maximum atomic E-state index is 6.08. The van der Waals surface area contributed by atoms with Gasteiger partial charge in [0.15, 0.2) is 5.16 Å². The van der Waals surface area contributed by atoms with Crippen molar-refractivity contribution >= 4 is 27.7 Å². The lowest BCUT2D eigenvalue weighted by Crippen LogP contribution is -2.24. The Morgan fingerprint density at radius 2 is 2.33 bits per heavy atom. The first kappa shape index (κ1) is 11.4. The first-order chi connectivity index (χ1) is 7.22. The first-order valence-corrected chi connectivity index (χ1v) is 7.06. The van der Waals surface area contributed by atoms with Gasteiger partial charge in [0.05, 0.1) is 10.2 Å². The van der Waals surface area contributed by atoms with Gasteiger partial charge in [-0.2, -0.15) is 0 Å². The first-order valence-electron chi connectivity index (χ1n) is 5.04. The number of thioether (sulfide) groups is 1. The Hall–Kier alpha value is -0.130. The van der Waals surface area contributed by atoms with Crippen molar-refractivity contribution in [2.45, 2.75) is 36.4 Å². The van der Waals surface area contributed by atoms with E-state index >= 15 is 0 Å². The molecule has 2 N–H and O–H groups in total. The number of hydrogen-bond donors (Lipinski definition) is 1. The van der Waals surface area contributed by atoms with Gasteiger partial charge in [0.25, 0.3) is 0 Å². The summed E-state index contributed by atoms with van der Waals surface area (Å²) >= 11 is 5.08. The topological polar surface area (TPSA) is 51.8 Å². The quantitative estimate of drug-likeness (QED) is 0.671. The molecule has 1 aliphatic rings. The van der Waals surface area contributed by atoms with E-state index in [0.29, 0.717) is 5.92 Å². The Morgan fingerprint density at radius 1 is 1.53 bits per heavy atom. The van der Waals surface area contributed by atoms with Crippen LogP contribution in [0.4, 0.5) is 0 Å². The van der Waals surface area contributed by atoms with Gasteiger partial charge in [-0.3, -0.25) is 0 Å². The van der Waals surface area contributed by atoms with E-state index in [9.17, 15) is 0 Å². The second kappa shape index (κ2) is 4.80. The predicted octanol–water partition coefficient (Wildman–Crippen LogP) is 2.56.